The molecule has 0 aromatic heterocycles. The van der Waals surface area contributed by atoms with Crippen LogP contribution >= 0.6 is 0 Å². The largest absolute Gasteiger partial charge is 0.494 e. The predicted molar refractivity (Wildman–Crippen MR) is 116 cm³/mol. The minimum Gasteiger partial charge on any atom is -0.494 e. The van der Waals surface area contributed by atoms with Gasteiger partial charge in [0.2, 0.25) is 5.91 Å². The van der Waals surface area contributed by atoms with Gasteiger partial charge in [0, 0.05) is 30.3 Å². The Balaban J connectivity index is 1.59. The van der Waals surface area contributed by atoms with E-state index in [1.54, 1.807) is 18.2 Å². The number of carbonyl (C=O) groups is 4. The number of anilines is 2. The van der Waals surface area contributed by atoms with Gasteiger partial charge >= 0.3 is 5.97 Å². The van der Waals surface area contributed by atoms with Crippen LogP contribution in [0.3, 0.4) is 0 Å². The number of ketones is 1. The zero-order chi connectivity index (χ0) is 24.1. The molecule has 3 rings (SSSR count). The average molecular weight is 455 g/mol. The topological polar surface area (TPSA) is 145 Å². The second-order valence-corrected chi connectivity index (χ2v) is 7.31. The molecule has 1 heterocycles. The number of non-ortho nitro benzene ring substituents is 1. The smallest absolute Gasteiger partial charge is 0.311 e. The number of ether oxygens (including phenoxy) is 2. The Morgan fingerprint density at radius 2 is 1.97 bits per heavy atom. The number of carbonyl (C=O) groups excluding carboxylic acids is 4. The molecule has 0 aliphatic carbocycles. The highest BCUT2D eigenvalue weighted by Gasteiger charge is 2.37. The lowest BCUT2D eigenvalue weighted by atomic mass is 10.1. The van der Waals surface area contributed by atoms with Gasteiger partial charge < -0.3 is 19.7 Å². The van der Waals surface area contributed by atoms with Gasteiger partial charge in [0.15, 0.2) is 12.4 Å². The number of Topliss-reactive ketones (excluding diaryl/α,β-unsaturated/α-hetero) is 1. The number of hydrogen-bond acceptors (Lipinski definition) is 8. The molecule has 33 heavy (non-hydrogen) atoms. The molecule has 1 aliphatic rings. The van der Waals surface area contributed by atoms with Gasteiger partial charge in [-0.1, -0.05) is 12.1 Å². The lowest BCUT2D eigenvalue weighted by molar-refractivity contribution is -0.384. The first-order valence-electron chi connectivity index (χ1n) is 9.90. The highest BCUT2D eigenvalue weighted by Crippen LogP contribution is 2.36. The zero-order valence-corrected chi connectivity index (χ0v) is 17.9. The molecule has 0 bridgehead atoms. The van der Waals surface area contributed by atoms with Crippen LogP contribution in [0.15, 0.2) is 42.5 Å². The Bertz CT molecular complexity index is 1130. The number of rotatable bonds is 8. The highest BCUT2D eigenvalue weighted by atomic mass is 16.6. The average Bonchev–Trinajstić information content (AvgIpc) is 3.18. The molecule has 1 saturated heterocycles. The molecule has 0 spiro atoms. The van der Waals surface area contributed by atoms with E-state index >= 15 is 0 Å². The summed E-state index contributed by atoms with van der Waals surface area (Å²) in [6.45, 7) is 0.823. The number of methoxy groups -OCH3 is 1. The molecule has 1 N–H and O–H groups in total. The van der Waals surface area contributed by atoms with Crippen molar-refractivity contribution in [3.8, 4) is 5.75 Å². The molecule has 172 valence electrons. The second kappa shape index (κ2) is 9.90. The third kappa shape index (κ3) is 5.50. The van der Waals surface area contributed by atoms with Crippen LogP contribution < -0.4 is 15.0 Å². The van der Waals surface area contributed by atoms with Crippen molar-refractivity contribution >= 4 is 40.6 Å². The van der Waals surface area contributed by atoms with Gasteiger partial charge in [-0.05, 0) is 25.1 Å². The van der Waals surface area contributed by atoms with Crippen molar-refractivity contribution in [3.05, 3.63) is 58.1 Å². The summed E-state index contributed by atoms with van der Waals surface area (Å²) in [5, 5.41) is 13.5. The number of benzene rings is 2. The summed E-state index contributed by atoms with van der Waals surface area (Å²) in [5.41, 5.74) is 0.914. The minimum absolute atomic E-state index is 0.0197. The summed E-state index contributed by atoms with van der Waals surface area (Å²) >= 11 is 0. The van der Waals surface area contributed by atoms with Crippen LogP contribution in [0.4, 0.5) is 17.1 Å². The second-order valence-electron chi connectivity index (χ2n) is 7.31. The molecule has 0 unspecified atom stereocenters. The third-order valence-electron chi connectivity index (χ3n) is 5.02. The van der Waals surface area contributed by atoms with E-state index in [0.717, 1.165) is 0 Å². The Morgan fingerprint density at radius 1 is 1.21 bits per heavy atom. The van der Waals surface area contributed by atoms with Gasteiger partial charge in [-0.2, -0.15) is 0 Å². The Hall–Kier alpha value is -4.28. The minimum atomic E-state index is -0.814. The summed E-state index contributed by atoms with van der Waals surface area (Å²) in [4.78, 5) is 60.1. The first kappa shape index (κ1) is 23.4. The molecule has 1 fully saturated rings. The van der Waals surface area contributed by atoms with E-state index in [4.69, 9.17) is 9.47 Å². The lowest BCUT2D eigenvalue weighted by Gasteiger charge is -2.19. The maximum atomic E-state index is 12.5. The molecular formula is C22H21N3O8. The van der Waals surface area contributed by atoms with Crippen molar-refractivity contribution in [2.24, 2.45) is 5.92 Å². The number of amides is 2. The van der Waals surface area contributed by atoms with Crippen LogP contribution in [0, 0.1) is 16.0 Å². The van der Waals surface area contributed by atoms with Crippen molar-refractivity contribution in [2.45, 2.75) is 13.3 Å². The third-order valence-corrected chi connectivity index (χ3v) is 5.02. The Kier molecular flexibility index (Phi) is 7.01. The number of nitro groups is 1. The number of esters is 1. The molecule has 1 atom stereocenters. The molecule has 2 aromatic carbocycles. The molecular weight excluding hydrogens is 434 g/mol. The van der Waals surface area contributed by atoms with E-state index in [1.165, 1.54) is 43.2 Å². The van der Waals surface area contributed by atoms with Gasteiger partial charge in [-0.25, -0.2) is 0 Å². The van der Waals surface area contributed by atoms with E-state index < -0.39 is 29.3 Å². The van der Waals surface area contributed by atoms with Crippen molar-refractivity contribution in [1.82, 2.24) is 0 Å². The van der Waals surface area contributed by atoms with Gasteiger partial charge in [-0.3, -0.25) is 29.3 Å². The fraction of sp³-hybridized carbons (Fsp3) is 0.273. The van der Waals surface area contributed by atoms with Crippen molar-refractivity contribution < 1.29 is 33.6 Å². The summed E-state index contributed by atoms with van der Waals surface area (Å²) in [5.74, 6) is -2.54. The van der Waals surface area contributed by atoms with Crippen LogP contribution in [0.2, 0.25) is 0 Å². The molecule has 0 saturated carbocycles. The standard InChI is InChI=1S/C22H21N3O8/c1-13(26)14-4-3-5-16(8-14)23-20(27)12-33-22(29)15-9-21(28)24(11-15)18-7-6-17(25(30)31)10-19(18)32-2/h3-8,10,15H,9,11-12H2,1-2H3,(H,23,27)/t15-/m0/s1. The van der Waals surface area contributed by atoms with Gasteiger partial charge in [0.1, 0.15) is 5.75 Å². The number of nitro benzene ring substituents is 1. The van der Waals surface area contributed by atoms with Crippen LogP contribution in [-0.2, 0) is 19.1 Å². The number of nitrogens with one attached hydrogen (secondary N) is 1. The van der Waals surface area contributed by atoms with E-state index in [2.05, 4.69) is 5.32 Å². The lowest BCUT2D eigenvalue weighted by Crippen LogP contribution is -2.28. The van der Waals surface area contributed by atoms with Gasteiger partial charge in [0.25, 0.3) is 11.6 Å². The van der Waals surface area contributed by atoms with E-state index in [-0.39, 0.29) is 36.1 Å². The molecule has 2 aromatic rings. The maximum absolute atomic E-state index is 12.5. The van der Waals surface area contributed by atoms with Crippen LogP contribution in [0.25, 0.3) is 0 Å². The Labute approximate surface area is 188 Å². The summed E-state index contributed by atoms with van der Waals surface area (Å²) in [6, 6.07) is 10.1. The molecule has 2 amide bonds. The van der Waals surface area contributed by atoms with Crippen molar-refractivity contribution in [2.75, 3.05) is 30.5 Å². The fourth-order valence-electron chi connectivity index (χ4n) is 3.37. The normalized spacial score (nSPS) is 15.2. The molecule has 0 radical (unpaired) electrons. The molecule has 11 heteroatoms. The quantitative estimate of drug-likeness (QED) is 0.276. The van der Waals surface area contributed by atoms with Crippen LogP contribution in [0.5, 0.6) is 5.75 Å². The highest BCUT2D eigenvalue weighted by molar-refractivity contribution is 6.01. The van der Waals surface area contributed by atoms with Crippen LogP contribution in [-0.4, -0.2) is 48.8 Å². The fourth-order valence-corrected chi connectivity index (χ4v) is 3.37. The van der Waals surface area contributed by atoms with E-state index in [0.29, 0.717) is 16.9 Å². The van der Waals surface area contributed by atoms with Crippen molar-refractivity contribution in [3.63, 3.8) is 0 Å². The molecule has 1 aliphatic heterocycles. The molecule has 11 nitrogen and oxygen atoms in total. The predicted octanol–water partition coefficient (Wildman–Crippen LogP) is 2.34. The first-order chi connectivity index (χ1) is 15.7. The van der Waals surface area contributed by atoms with E-state index in [1.807, 2.05) is 0 Å². The SMILES string of the molecule is COc1cc([N+](=O)[O-])ccc1N1C[C@@H](C(=O)OCC(=O)Nc2cccc(C(C)=O)c2)CC1=O. The Morgan fingerprint density at radius 3 is 2.64 bits per heavy atom. The van der Waals surface area contributed by atoms with Crippen molar-refractivity contribution in [1.29, 1.82) is 0 Å². The summed E-state index contributed by atoms with van der Waals surface area (Å²) in [7, 11) is 1.32. The maximum Gasteiger partial charge on any atom is 0.311 e. The van der Waals surface area contributed by atoms with Gasteiger partial charge in [-0.15, -0.1) is 0 Å². The van der Waals surface area contributed by atoms with E-state index in [9.17, 15) is 29.3 Å². The first-order valence-corrected chi connectivity index (χ1v) is 9.90. The van der Waals surface area contributed by atoms with Gasteiger partial charge in [0.05, 0.1) is 29.7 Å². The zero-order valence-electron chi connectivity index (χ0n) is 17.9. The van der Waals surface area contributed by atoms with Crippen LogP contribution in [0.1, 0.15) is 23.7 Å². The number of hydrogen-bond donors (Lipinski definition) is 1. The number of nitrogens with zero attached hydrogens (tertiary/aromatic N) is 2. The summed E-state index contributed by atoms with van der Waals surface area (Å²) in [6.07, 6.45) is -0.138. The monoisotopic (exact) mass is 455 g/mol. The summed E-state index contributed by atoms with van der Waals surface area (Å²) < 4.78 is 10.2.